The van der Waals surface area contributed by atoms with Gasteiger partial charge in [-0.25, -0.2) is 4.79 Å². The molecule has 564 valence electrons. The summed E-state index contributed by atoms with van der Waals surface area (Å²) in [6.07, 6.45) is -3.72. The van der Waals surface area contributed by atoms with Crippen LogP contribution in [-0.2, 0) is 86.1 Å². The second-order valence-electron chi connectivity index (χ2n) is 25.9. The van der Waals surface area contributed by atoms with Crippen LogP contribution in [0.15, 0.2) is 48.2 Å². The molecule has 0 aliphatic carbocycles. The van der Waals surface area contributed by atoms with Gasteiger partial charge in [-0.2, -0.15) is 0 Å². The monoisotopic (exact) mass is 1430 g/mol. The molecule has 0 bridgehead atoms. The molecule has 16 unspecified atom stereocenters. The minimum absolute atomic E-state index is 0.0474. The summed E-state index contributed by atoms with van der Waals surface area (Å²) in [6, 6.07) is -10.8. The second kappa shape index (κ2) is 41.8. The molecule has 18 N–H and O–H groups in total. The van der Waals surface area contributed by atoms with Crippen molar-refractivity contribution >= 4 is 88.7 Å². The first kappa shape index (κ1) is 87.5. The van der Waals surface area contributed by atoms with Gasteiger partial charge in [-0.3, -0.25) is 67.1 Å². The van der Waals surface area contributed by atoms with Crippen molar-refractivity contribution in [2.24, 2.45) is 46.8 Å². The summed E-state index contributed by atoms with van der Waals surface area (Å²) < 4.78 is 16.8. The fourth-order valence-electron chi connectivity index (χ4n) is 10.6. The van der Waals surface area contributed by atoms with Crippen LogP contribution in [0.3, 0.4) is 0 Å². The molecule has 1 aromatic rings. The second-order valence-corrected chi connectivity index (χ2v) is 25.9. The molecule has 0 spiro atoms. The van der Waals surface area contributed by atoms with Crippen molar-refractivity contribution in [1.29, 1.82) is 0 Å². The van der Waals surface area contributed by atoms with Crippen molar-refractivity contribution in [1.82, 2.24) is 57.7 Å². The molecule has 101 heavy (non-hydrogen) atoms. The topological polar surface area (TPSA) is 537 Å². The van der Waals surface area contributed by atoms with Crippen LogP contribution in [0, 0.1) is 29.6 Å². The molecule has 0 saturated carbocycles. The Kier molecular flexibility index (Phi) is 36.2. The van der Waals surface area contributed by atoms with Crippen molar-refractivity contribution in [3.05, 3.63) is 53.8 Å². The van der Waals surface area contributed by atoms with Crippen molar-refractivity contribution in [3.63, 3.8) is 0 Å². The number of hydrogen-bond acceptors (Lipinski definition) is 21. The van der Waals surface area contributed by atoms with Gasteiger partial charge in [0.15, 0.2) is 0 Å². The molecule has 0 radical (unpaired) electrons. The number of nitrogens with two attached hydrogens (primary N) is 3. The number of likely N-dealkylation sites (N-methyl/N-ethyl adjacent to an activating group) is 2. The largest absolute Gasteiger partial charge is 0.508 e. The highest BCUT2D eigenvalue weighted by molar-refractivity contribution is 6.03. The number of methoxy groups -OCH3 is 2. The molecule has 2 rings (SSSR count). The number of hydrogen-bond donors (Lipinski definition) is 15. The van der Waals surface area contributed by atoms with Gasteiger partial charge >= 0.3 is 5.97 Å². The first-order chi connectivity index (χ1) is 47.1. The van der Waals surface area contributed by atoms with Gasteiger partial charge in [0.05, 0.1) is 38.2 Å². The molecular weight excluding hydrogens is 1320 g/mol. The highest BCUT2D eigenvalue weighted by atomic mass is 16.5. The van der Waals surface area contributed by atoms with Crippen molar-refractivity contribution in [3.8, 4) is 5.75 Å². The Bertz CT molecular complexity index is 3160. The number of ether oxygens (including phenoxy) is 3. The van der Waals surface area contributed by atoms with E-state index in [1.165, 1.54) is 72.2 Å². The number of phenolic OH excluding ortho intramolecular Hbond substituents is 1. The zero-order valence-electron chi connectivity index (χ0n) is 59.9. The number of phenols is 1. The van der Waals surface area contributed by atoms with Gasteiger partial charge in [0.25, 0.3) is 5.91 Å². The number of primary amides is 3. The summed E-state index contributed by atoms with van der Waals surface area (Å²) in [5.74, 6) is -19.3. The van der Waals surface area contributed by atoms with E-state index in [4.69, 9.17) is 31.4 Å². The summed E-state index contributed by atoms with van der Waals surface area (Å²) in [4.78, 5) is 210. The third kappa shape index (κ3) is 28.1. The number of esters is 1. The van der Waals surface area contributed by atoms with E-state index in [-0.39, 0.29) is 29.6 Å². The number of rotatable bonds is 31. The SMILES string of the molecule is CC=C(NC(=O)C(NC(=O)C(CC(N)=O)NC(=O)CC(O)C=CC(C)CC(C)C)C(C)O)C(=O)NC(C(=O)NC1C(=O)NC(COC)C(=O)NCC(=O)NC(CC(C)C)C(=O)N(C)C(CCC(N)=O)C(=O)NC(C(OC)c2ccc(O)cc2)C(=O)N(C)C(C)C(=O)OC1C)C(C)C(C)C(N)=O. The molecule has 35 nitrogen and oxygen atoms in total. The minimum Gasteiger partial charge on any atom is -0.508 e. The summed E-state index contributed by atoms with van der Waals surface area (Å²) >= 11 is 0. The fourth-order valence-corrected chi connectivity index (χ4v) is 10.6. The molecule has 14 amide bonds. The van der Waals surface area contributed by atoms with Crippen LogP contribution in [0.1, 0.15) is 126 Å². The maximum absolute atomic E-state index is 15.0. The van der Waals surface area contributed by atoms with Crippen LogP contribution >= 0.6 is 0 Å². The van der Waals surface area contributed by atoms with Crippen LogP contribution in [0.4, 0.5) is 0 Å². The number of nitrogens with one attached hydrogen (secondary N) is 9. The number of carbonyl (C=O) groups is 15. The van der Waals surface area contributed by atoms with Crippen molar-refractivity contribution < 1.29 is 101 Å². The summed E-state index contributed by atoms with van der Waals surface area (Å²) in [5, 5.41) is 52.9. The molecule has 1 aliphatic heterocycles. The number of benzene rings is 1. The maximum atomic E-state index is 15.0. The number of aliphatic hydroxyl groups is 2. The zero-order chi connectivity index (χ0) is 77.0. The van der Waals surface area contributed by atoms with E-state index in [0.717, 1.165) is 50.3 Å². The molecule has 1 heterocycles. The summed E-state index contributed by atoms with van der Waals surface area (Å²) in [7, 11) is 4.66. The normalized spacial score (nSPS) is 22.3. The predicted molar refractivity (Wildman–Crippen MR) is 362 cm³/mol. The third-order valence-electron chi connectivity index (χ3n) is 16.6. The zero-order valence-corrected chi connectivity index (χ0v) is 59.9. The smallest absolute Gasteiger partial charge is 0.328 e. The van der Waals surface area contributed by atoms with E-state index in [1.54, 1.807) is 19.9 Å². The first-order valence-electron chi connectivity index (χ1n) is 32.9. The molecule has 1 saturated heterocycles. The Balaban J connectivity index is 2.81. The van der Waals surface area contributed by atoms with Crippen LogP contribution in [0.25, 0.3) is 0 Å². The summed E-state index contributed by atoms with van der Waals surface area (Å²) in [6.45, 7) is 15.1. The lowest BCUT2D eigenvalue weighted by atomic mass is 9.87. The molecule has 0 aromatic heterocycles. The Morgan fingerprint density at radius 3 is 1.88 bits per heavy atom. The quantitative estimate of drug-likeness (QED) is 0.0192. The fraction of sp³-hybridized carbons (Fsp3) is 0.621. The average molecular weight is 1430 g/mol. The van der Waals surface area contributed by atoms with Crippen LogP contribution < -0.4 is 65.1 Å². The molecule has 1 aliphatic rings. The number of aromatic hydroxyl groups is 1. The minimum atomic E-state index is -2.13. The van der Waals surface area contributed by atoms with Crippen LogP contribution in [-0.4, -0.2) is 228 Å². The lowest BCUT2D eigenvalue weighted by molar-refractivity contribution is -0.161. The van der Waals surface area contributed by atoms with Gasteiger partial charge in [0.1, 0.15) is 78.0 Å². The standard InChI is InChI=1S/C66H104N14O21/c1-16-42(73-62(94)52(37(10)81)76-59(91)43(28-48(68)85)71-49(86)27-41(83)20-17-33(6)25-31(2)3)58(90)75-51(34(7)35(8)56(69)88)61(93)77-53-38(11)101-66(98)36(9)79(12)65(97)54(55(100-15)39-18-21-40(82)22-19-39)78-60(92)46(23-24-47(67)84)80(13)64(96)44(26-32(4)5)72-50(87)29-70-57(89)45(30-99-14)74-63(53)95/h16-22,31-38,41,43-46,51-55,81-83H,23-30H2,1-15H3,(H2,67,84)(H2,68,85)(H2,69,88)(H,70,89)(H,71,86)(H,72,87)(H,73,94)(H,74,95)(H,75,90)(H,76,91)(H,77,93)(H,78,92). The lowest BCUT2D eigenvalue weighted by Crippen LogP contribution is -2.63. The Morgan fingerprint density at radius 1 is 0.723 bits per heavy atom. The number of aliphatic hydroxyl groups excluding tert-OH is 2. The van der Waals surface area contributed by atoms with Gasteiger partial charge in [-0.1, -0.05) is 78.8 Å². The highest BCUT2D eigenvalue weighted by Crippen LogP contribution is 2.27. The third-order valence-corrected chi connectivity index (χ3v) is 16.6. The van der Waals surface area contributed by atoms with Gasteiger partial charge in [0.2, 0.25) is 76.8 Å². The molecule has 1 aromatic carbocycles. The number of cyclic esters (lactones) is 1. The van der Waals surface area contributed by atoms with Crippen LogP contribution in [0.5, 0.6) is 5.75 Å². The van der Waals surface area contributed by atoms with E-state index >= 15 is 4.79 Å². The summed E-state index contributed by atoms with van der Waals surface area (Å²) in [5.41, 5.74) is 16.1. The van der Waals surface area contributed by atoms with E-state index < -0.39 is 224 Å². The number of allylic oxidation sites excluding steroid dienone is 2. The molecule has 1 fully saturated rings. The van der Waals surface area contributed by atoms with Gasteiger partial charge in [0, 0.05) is 40.7 Å². The van der Waals surface area contributed by atoms with Crippen LogP contribution in [0.2, 0.25) is 0 Å². The van der Waals surface area contributed by atoms with E-state index in [9.17, 15) is 82.4 Å². The van der Waals surface area contributed by atoms with Gasteiger partial charge < -0.3 is 104 Å². The molecule has 35 heteroatoms. The van der Waals surface area contributed by atoms with Crippen molar-refractivity contribution in [2.75, 3.05) is 41.5 Å². The average Bonchev–Trinajstić information content (AvgIpc) is 0.815. The van der Waals surface area contributed by atoms with Gasteiger partial charge in [-0.15, -0.1) is 0 Å². The highest BCUT2D eigenvalue weighted by Gasteiger charge is 2.44. The molecule has 16 atom stereocenters. The Hall–Kier alpha value is -9.61. The van der Waals surface area contributed by atoms with Crippen molar-refractivity contribution in [2.45, 2.75) is 193 Å². The van der Waals surface area contributed by atoms with E-state index in [2.05, 4.69) is 47.9 Å². The number of amides is 14. The lowest BCUT2D eigenvalue weighted by Gasteiger charge is -2.36. The number of nitrogens with zero attached hydrogens (tertiary/aromatic N) is 2. The Morgan fingerprint density at radius 2 is 1.35 bits per heavy atom. The molecular formula is C66H104N14O21. The van der Waals surface area contributed by atoms with E-state index in [1.807, 2.05) is 20.8 Å². The maximum Gasteiger partial charge on any atom is 0.328 e. The van der Waals surface area contributed by atoms with E-state index in [0.29, 0.717) is 5.92 Å². The van der Waals surface area contributed by atoms with Gasteiger partial charge in [-0.05, 0) is 88.3 Å². The predicted octanol–water partition coefficient (Wildman–Crippen LogP) is -3.81. The Labute approximate surface area is 587 Å². The number of carbonyl (C=O) groups excluding carboxylic acids is 15. The first-order valence-corrected chi connectivity index (χ1v) is 32.9.